The van der Waals surface area contributed by atoms with E-state index < -0.39 is 0 Å². The smallest absolute Gasteiger partial charge is 0.251 e. The van der Waals surface area contributed by atoms with Crippen LogP contribution in [0.4, 0.5) is 11.4 Å². The second-order valence-corrected chi connectivity index (χ2v) is 5.07. The summed E-state index contributed by atoms with van der Waals surface area (Å²) < 4.78 is 0. The first-order valence-electron chi connectivity index (χ1n) is 6.77. The summed E-state index contributed by atoms with van der Waals surface area (Å²) in [5, 5.41) is 3.06. The predicted molar refractivity (Wildman–Crippen MR) is 77.9 cm³/mol. The van der Waals surface area contributed by atoms with Crippen LogP contribution in [0.25, 0.3) is 0 Å². The van der Waals surface area contributed by atoms with Crippen LogP contribution in [0, 0.1) is 0 Å². The van der Waals surface area contributed by atoms with Crippen LogP contribution in [-0.4, -0.2) is 36.5 Å². The summed E-state index contributed by atoms with van der Waals surface area (Å²) >= 11 is 0. The molecule has 5 heteroatoms. The Morgan fingerprint density at radius 1 is 1.26 bits per heavy atom. The molecule has 0 bridgehead atoms. The van der Waals surface area contributed by atoms with Crippen LogP contribution in [-0.2, 0) is 0 Å². The maximum Gasteiger partial charge on any atom is 0.251 e. The van der Waals surface area contributed by atoms with Crippen molar-refractivity contribution in [3.63, 3.8) is 0 Å². The monoisotopic (exact) mass is 262 g/mol. The molecule has 0 unspecified atom stereocenters. The zero-order valence-corrected chi connectivity index (χ0v) is 11.4. The van der Waals surface area contributed by atoms with Gasteiger partial charge >= 0.3 is 0 Å². The zero-order valence-electron chi connectivity index (χ0n) is 11.4. The van der Waals surface area contributed by atoms with E-state index in [0.29, 0.717) is 16.9 Å². The summed E-state index contributed by atoms with van der Waals surface area (Å²) in [6.07, 6.45) is 1.99. The van der Waals surface area contributed by atoms with Gasteiger partial charge in [0.15, 0.2) is 0 Å². The SMILES string of the molecule is CCN1CCC(NC(=O)c2cc(N)cc(N)c2)CC1. The van der Waals surface area contributed by atoms with Crippen LogP contribution in [0.3, 0.4) is 0 Å². The number of nitrogen functional groups attached to an aromatic ring is 2. The first-order valence-corrected chi connectivity index (χ1v) is 6.77. The van der Waals surface area contributed by atoms with Crippen LogP contribution in [0.5, 0.6) is 0 Å². The normalized spacial score (nSPS) is 17.3. The Balaban J connectivity index is 1.94. The van der Waals surface area contributed by atoms with Crippen molar-refractivity contribution in [2.45, 2.75) is 25.8 Å². The number of rotatable bonds is 3. The Morgan fingerprint density at radius 3 is 2.37 bits per heavy atom. The molecule has 0 spiro atoms. The highest BCUT2D eigenvalue weighted by Gasteiger charge is 2.20. The molecular formula is C14H22N4O. The molecule has 0 saturated carbocycles. The summed E-state index contributed by atoms with van der Waals surface area (Å²) in [5.74, 6) is -0.0889. The predicted octanol–water partition coefficient (Wildman–Crippen LogP) is 1.07. The van der Waals surface area contributed by atoms with Crippen molar-refractivity contribution in [2.75, 3.05) is 31.1 Å². The molecule has 1 saturated heterocycles. The number of benzene rings is 1. The Kier molecular flexibility index (Phi) is 4.27. The van der Waals surface area contributed by atoms with Crippen LogP contribution >= 0.6 is 0 Å². The number of carbonyl (C=O) groups excluding carboxylic acids is 1. The van der Waals surface area contributed by atoms with Gasteiger partial charge in [-0.3, -0.25) is 4.79 Å². The van der Waals surface area contributed by atoms with Gasteiger partial charge in [0.2, 0.25) is 0 Å². The van der Waals surface area contributed by atoms with Gasteiger partial charge in [-0.15, -0.1) is 0 Å². The van der Waals surface area contributed by atoms with E-state index in [4.69, 9.17) is 11.5 Å². The van der Waals surface area contributed by atoms with Crippen molar-refractivity contribution in [1.29, 1.82) is 0 Å². The highest BCUT2D eigenvalue weighted by molar-refractivity contribution is 5.96. The molecule has 0 radical (unpaired) electrons. The quantitative estimate of drug-likeness (QED) is 0.711. The number of amides is 1. The number of anilines is 2. The minimum Gasteiger partial charge on any atom is -0.399 e. The van der Waals surface area contributed by atoms with Crippen molar-refractivity contribution < 1.29 is 4.79 Å². The third-order valence-electron chi connectivity index (χ3n) is 3.61. The van der Waals surface area contributed by atoms with Crippen molar-refractivity contribution in [3.8, 4) is 0 Å². The van der Waals surface area contributed by atoms with Gasteiger partial charge in [-0.25, -0.2) is 0 Å². The van der Waals surface area contributed by atoms with Crippen molar-refractivity contribution in [2.24, 2.45) is 0 Å². The first-order chi connectivity index (χ1) is 9.08. The molecule has 1 aromatic rings. The highest BCUT2D eigenvalue weighted by Crippen LogP contribution is 2.15. The van der Waals surface area contributed by atoms with E-state index in [1.165, 1.54) is 0 Å². The lowest BCUT2D eigenvalue weighted by Gasteiger charge is -2.31. The van der Waals surface area contributed by atoms with Crippen LogP contribution in [0.1, 0.15) is 30.1 Å². The molecule has 104 valence electrons. The highest BCUT2D eigenvalue weighted by atomic mass is 16.1. The number of hydrogen-bond acceptors (Lipinski definition) is 4. The molecule has 0 atom stereocenters. The van der Waals surface area contributed by atoms with Gasteiger partial charge in [-0.05, 0) is 37.6 Å². The largest absolute Gasteiger partial charge is 0.399 e. The fourth-order valence-electron chi connectivity index (χ4n) is 2.47. The van der Waals surface area contributed by atoms with Crippen LogP contribution in [0.2, 0.25) is 0 Å². The Hall–Kier alpha value is -1.75. The number of nitrogens with two attached hydrogens (primary N) is 2. The topological polar surface area (TPSA) is 84.4 Å². The molecule has 1 aliphatic heterocycles. The van der Waals surface area contributed by atoms with E-state index in [9.17, 15) is 4.79 Å². The molecule has 19 heavy (non-hydrogen) atoms. The Labute approximate surface area is 113 Å². The number of nitrogens with one attached hydrogen (secondary N) is 1. The summed E-state index contributed by atoms with van der Waals surface area (Å²) in [6.45, 7) is 5.32. The van der Waals surface area contributed by atoms with Gasteiger partial charge < -0.3 is 21.7 Å². The fourth-order valence-corrected chi connectivity index (χ4v) is 2.47. The molecule has 5 N–H and O–H groups in total. The van der Waals surface area contributed by atoms with Crippen LogP contribution < -0.4 is 16.8 Å². The number of likely N-dealkylation sites (tertiary alicyclic amines) is 1. The van der Waals surface area contributed by atoms with Gasteiger partial charge in [-0.2, -0.15) is 0 Å². The lowest BCUT2D eigenvalue weighted by atomic mass is 10.0. The zero-order chi connectivity index (χ0) is 13.8. The molecule has 1 aliphatic rings. The second kappa shape index (κ2) is 5.93. The summed E-state index contributed by atoms with van der Waals surface area (Å²) in [7, 11) is 0. The molecule has 1 heterocycles. The second-order valence-electron chi connectivity index (χ2n) is 5.07. The standard InChI is InChI=1S/C14H22N4O/c1-2-18-5-3-13(4-6-18)17-14(19)10-7-11(15)9-12(16)8-10/h7-9,13H,2-6,15-16H2,1H3,(H,17,19). The number of hydrogen-bond donors (Lipinski definition) is 3. The number of piperidine rings is 1. The third kappa shape index (κ3) is 3.61. The number of carbonyl (C=O) groups is 1. The Morgan fingerprint density at radius 2 is 1.84 bits per heavy atom. The average molecular weight is 262 g/mol. The maximum absolute atomic E-state index is 12.1. The molecule has 1 fully saturated rings. The van der Waals surface area contributed by atoms with E-state index >= 15 is 0 Å². The van der Waals surface area contributed by atoms with E-state index in [-0.39, 0.29) is 11.9 Å². The summed E-state index contributed by atoms with van der Waals surface area (Å²) in [6, 6.07) is 5.22. The van der Waals surface area contributed by atoms with E-state index in [0.717, 1.165) is 32.5 Å². The van der Waals surface area contributed by atoms with E-state index in [1.54, 1.807) is 18.2 Å². The summed E-state index contributed by atoms with van der Waals surface area (Å²) in [5.41, 5.74) is 13.0. The lowest BCUT2D eigenvalue weighted by Crippen LogP contribution is -2.44. The van der Waals surface area contributed by atoms with Gasteiger partial charge in [-0.1, -0.05) is 6.92 Å². The van der Waals surface area contributed by atoms with Crippen molar-refractivity contribution in [1.82, 2.24) is 10.2 Å². The first kappa shape index (κ1) is 13.7. The van der Waals surface area contributed by atoms with Crippen LogP contribution in [0.15, 0.2) is 18.2 Å². The fraction of sp³-hybridized carbons (Fsp3) is 0.500. The summed E-state index contributed by atoms with van der Waals surface area (Å²) in [4.78, 5) is 14.5. The molecule has 2 rings (SSSR count). The third-order valence-corrected chi connectivity index (χ3v) is 3.61. The number of nitrogens with zero attached hydrogens (tertiary/aromatic N) is 1. The van der Waals surface area contributed by atoms with Gasteiger partial charge in [0, 0.05) is 36.1 Å². The van der Waals surface area contributed by atoms with Crippen molar-refractivity contribution in [3.05, 3.63) is 23.8 Å². The molecule has 0 aliphatic carbocycles. The van der Waals surface area contributed by atoms with E-state index in [2.05, 4.69) is 17.1 Å². The minimum absolute atomic E-state index is 0.0889. The molecule has 1 aromatic carbocycles. The van der Waals surface area contributed by atoms with E-state index in [1.807, 2.05) is 0 Å². The molecule has 5 nitrogen and oxygen atoms in total. The van der Waals surface area contributed by atoms with Crippen molar-refractivity contribution >= 4 is 17.3 Å². The Bertz CT molecular complexity index is 433. The molecular weight excluding hydrogens is 240 g/mol. The average Bonchev–Trinajstić information content (AvgIpc) is 2.38. The maximum atomic E-state index is 12.1. The van der Waals surface area contributed by atoms with Gasteiger partial charge in [0.05, 0.1) is 0 Å². The molecule has 1 amide bonds. The lowest BCUT2D eigenvalue weighted by molar-refractivity contribution is 0.0913. The van der Waals surface area contributed by atoms with Gasteiger partial charge in [0.1, 0.15) is 0 Å². The minimum atomic E-state index is -0.0889. The van der Waals surface area contributed by atoms with Gasteiger partial charge in [0.25, 0.3) is 5.91 Å². The molecule has 0 aromatic heterocycles.